The third kappa shape index (κ3) is 4.25. The minimum absolute atomic E-state index is 0.0697. The van der Waals surface area contributed by atoms with Crippen LogP contribution in [0.15, 0.2) is 46.3 Å². The molecule has 0 N–H and O–H groups in total. The predicted molar refractivity (Wildman–Crippen MR) is 116 cm³/mol. The first-order chi connectivity index (χ1) is 15.1. The number of carbonyl (C=O) groups is 1. The van der Waals surface area contributed by atoms with E-state index >= 15 is 0 Å². The highest BCUT2D eigenvalue weighted by molar-refractivity contribution is 7.89. The van der Waals surface area contributed by atoms with Crippen LogP contribution in [0.2, 0.25) is 0 Å². The summed E-state index contributed by atoms with van der Waals surface area (Å²) in [6.45, 7) is 4.13. The predicted octanol–water partition coefficient (Wildman–Crippen LogP) is 3.06. The number of rotatable bonds is 3. The molecule has 1 aliphatic rings. The molecule has 3 aromatic rings. The average Bonchev–Trinajstić information content (AvgIpc) is 3.02. The van der Waals surface area contributed by atoms with Crippen molar-refractivity contribution in [3.05, 3.63) is 58.4 Å². The maximum absolute atomic E-state index is 14.1. The van der Waals surface area contributed by atoms with Crippen molar-refractivity contribution >= 4 is 37.5 Å². The number of morpholine rings is 1. The second kappa shape index (κ2) is 8.47. The van der Waals surface area contributed by atoms with Gasteiger partial charge in [-0.05, 0) is 44.2 Å². The fourth-order valence-corrected chi connectivity index (χ4v) is 6.35. The highest BCUT2D eigenvalue weighted by atomic mass is 32.2. The zero-order valence-electron chi connectivity index (χ0n) is 17.6. The van der Waals surface area contributed by atoms with Crippen LogP contribution < -0.4 is 4.80 Å². The fraction of sp³-hybridized carbons (Fsp3) is 0.333. The maximum atomic E-state index is 14.1. The van der Waals surface area contributed by atoms with E-state index in [1.807, 2.05) is 13.8 Å². The fourth-order valence-electron chi connectivity index (χ4n) is 3.70. The third-order valence-corrected chi connectivity index (χ3v) is 8.06. The topological polar surface area (TPSA) is 81.0 Å². The number of aryl methyl sites for hydroxylation is 1. The second-order valence-electron chi connectivity index (χ2n) is 7.70. The van der Waals surface area contributed by atoms with Gasteiger partial charge in [-0.2, -0.15) is 9.30 Å². The van der Waals surface area contributed by atoms with E-state index in [1.165, 1.54) is 46.3 Å². The minimum Gasteiger partial charge on any atom is -0.373 e. The zero-order valence-corrected chi connectivity index (χ0v) is 19.2. The first-order valence-corrected chi connectivity index (χ1v) is 12.1. The molecule has 0 unspecified atom stereocenters. The van der Waals surface area contributed by atoms with Crippen molar-refractivity contribution in [2.24, 2.45) is 12.0 Å². The molecule has 2 atom stereocenters. The molecule has 0 saturated carbocycles. The lowest BCUT2D eigenvalue weighted by Crippen LogP contribution is -2.48. The van der Waals surface area contributed by atoms with E-state index < -0.39 is 27.6 Å². The normalized spacial score (nSPS) is 20.7. The van der Waals surface area contributed by atoms with Crippen LogP contribution in [0.3, 0.4) is 0 Å². The first kappa shape index (κ1) is 22.7. The Hall–Kier alpha value is -2.47. The van der Waals surface area contributed by atoms with Gasteiger partial charge < -0.3 is 9.30 Å². The number of thiazole rings is 1. The van der Waals surface area contributed by atoms with Gasteiger partial charge in [-0.1, -0.05) is 11.3 Å². The molecule has 32 heavy (non-hydrogen) atoms. The number of halogens is 2. The lowest BCUT2D eigenvalue weighted by Gasteiger charge is -2.34. The Bertz CT molecular complexity index is 1350. The molecule has 2 heterocycles. The minimum atomic E-state index is -3.73. The summed E-state index contributed by atoms with van der Waals surface area (Å²) >= 11 is 0.983. The van der Waals surface area contributed by atoms with E-state index in [4.69, 9.17) is 4.74 Å². The van der Waals surface area contributed by atoms with Crippen molar-refractivity contribution in [3.63, 3.8) is 0 Å². The van der Waals surface area contributed by atoms with Crippen molar-refractivity contribution in [2.45, 2.75) is 31.0 Å². The van der Waals surface area contributed by atoms with E-state index in [-0.39, 0.29) is 46.1 Å². The molecule has 1 fully saturated rings. The van der Waals surface area contributed by atoms with E-state index in [2.05, 4.69) is 4.99 Å². The van der Waals surface area contributed by atoms with Crippen LogP contribution in [-0.4, -0.2) is 48.5 Å². The number of hydrogen-bond donors (Lipinski definition) is 0. The van der Waals surface area contributed by atoms with Crippen LogP contribution in [0, 0.1) is 11.6 Å². The average molecular weight is 482 g/mol. The molecular formula is C21H21F2N3O4S2. The summed E-state index contributed by atoms with van der Waals surface area (Å²) in [4.78, 5) is 16.9. The molecule has 11 heteroatoms. The largest absolute Gasteiger partial charge is 0.373 e. The number of hydrogen-bond acceptors (Lipinski definition) is 5. The Morgan fingerprint density at radius 1 is 1.12 bits per heavy atom. The standard InChI is InChI=1S/C21H21F2N3O4S2/c1-12-10-26(11-13(2)30-12)32(28,29)16-6-4-14(5-7-16)20(27)24-21-25(3)19-17(23)8-15(22)9-18(19)31-21/h4-9,12-13H,10-11H2,1-3H3/t12-,13-/m1/s1. The van der Waals surface area contributed by atoms with Gasteiger partial charge in [0, 0.05) is 31.8 Å². The number of amides is 1. The molecule has 1 aliphatic heterocycles. The van der Waals surface area contributed by atoms with Crippen LogP contribution in [0.25, 0.3) is 10.2 Å². The molecule has 0 bridgehead atoms. The summed E-state index contributed by atoms with van der Waals surface area (Å²) in [7, 11) is -2.20. The maximum Gasteiger partial charge on any atom is 0.279 e. The van der Waals surface area contributed by atoms with Crippen LogP contribution in [0.5, 0.6) is 0 Å². The number of carbonyl (C=O) groups excluding carboxylic acids is 1. The van der Waals surface area contributed by atoms with Gasteiger partial charge in [0.05, 0.1) is 27.3 Å². The van der Waals surface area contributed by atoms with E-state index in [9.17, 15) is 22.0 Å². The highest BCUT2D eigenvalue weighted by Gasteiger charge is 2.32. The molecule has 4 rings (SSSR count). The van der Waals surface area contributed by atoms with Gasteiger partial charge in [0.2, 0.25) is 10.0 Å². The number of aromatic nitrogens is 1. The van der Waals surface area contributed by atoms with Gasteiger partial charge in [-0.25, -0.2) is 17.2 Å². The van der Waals surface area contributed by atoms with Crippen LogP contribution in [-0.2, 0) is 21.8 Å². The number of fused-ring (bicyclic) bond motifs is 1. The van der Waals surface area contributed by atoms with Crippen molar-refractivity contribution in [1.29, 1.82) is 0 Å². The Kier molecular flexibility index (Phi) is 6.01. The summed E-state index contributed by atoms with van der Waals surface area (Å²) < 4.78 is 62.1. The molecule has 1 saturated heterocycles. The first-order valence-electron chi connectivity index (χ1n) is 9.85. The van der Waals surface area contributed by atoms with Gasteiger partial charge in [0.15, 0.2) is 10.6 Å². The van der Waals surface area contributed by atoms with Crippen molar-refractivity contribution < 1.29 is 26.7 Å². The van der Waals surface area contributed by atoms with E-state index in [0.717, 1.165) is 17.4 Å². The third-order valence-electron chi connectivity index (χ3n) is 5.14. The van der Waals surface area contributed by atoms with Crippen molar-refractivity contribution in [3.8, 4) is 0 Å². The second-order valence-corrected chi connectivity index (χ2v) is 10.6. The van der Waals surface area contributed by atoms with Crippen molar-refractivity contribution in [1.82, 2.24) is 8.87 Å². The van der Waals surface area contributed by atoms with Gasteiger partial charge in [0.1, 0.15) is 5.82 Å². The van der Waals surface area contributed by atoms with E-state index in [0.29, 0.717) is 4.70 Å². The summed E-state index contributed by atoms with van der Waals surface area (Å²) in [6, 6.07) is 7.46. The molecule has 0 aliphatic carbocycles. The molecule has 1 amide bonds. The summed E-state index contributed by atoms with van der Waals surface area (Å²) in [5, 5.41) is 0. The molecular weight excluding hydrogens is 460 g/mol. The molecule has 0 spiro atoms. The number of ether oxygens (including phenoxy) is 1. The SMILES string of the molecule is C[C@@H]1CN(S(=O)(=O)c2ccc(C(=O)N=c3sc4cc(F)cc(F)c4n3C)cc2)C[C@@H](C)O1. The Morgan fingerprint density at radius 2 is 1.75 bits per heavy atom. The quantitative estimate of drug-likeness (QED) is 0.576. The van der Waals surface area contributed by atoms with E-state index in [1.54, 1.807) is 0 Å². The molecule has 7 nitrogen and oxygen atoms in total. The lowest BCUT2D eigenvalue weighted by molar-refractivity contribution is -0.0440. The molecule has 170 valence electrons. The zero-order chi connectivity index (χ0) is 23.2. The van der Waals surface area contributed by atoms with Gasteiger partial charge in [0.25, 0.3) is 5.91 Å². The number of nitrogens with zero attached hydrogens (tertiary/aromatic N) is 3. The van der Waals surface area contributed by atoms with Crippen LogP contribution >= 0.6 is 11.3 Å². The van der Waals surface area contributed by atoms with Gasteiger partial charge >= 0.3 is 0 Å². The Labute approximate surface area is 187 Å². The molecule has 1 aromatic heterocycles. The molecule has 2 aromatic carbocycles. The van der Waals surface area contributed by atoms with Crippen LogP contribution in [0.1, 0.15) is 24.2 Å². The summed E-state index contributed by atoms with van der Waals surface area (Å²) in [5.74, 6) is -2.07. The van der Waals surface area contributed by atoms with Gasteiger partial charge in [-0.15, -0.1) is 0 Å². The van der Waals surface area contributed by atoms with Crippen LogP contribution in [0.4, 0.5) is 8.78 Å². The monoisotopic (exact) mass is 481 g/mol. The van der Waals surface area contributed by atoms with Crippen molar-refractivity contribution in [2.75, 3.05) is 13.1 Å². The molecule has 0 radical (unpaired) electrons. The Balaban J connectivity index is 1.62. The number of sulfonamides is 1. The number of benzene rings is 2. The lowest BCUT2D eigenvalue weighted by atomic mass is 10.2. The smallest absolute Gasteiger partial charge is 0.279 e. The Morgan fingerprint density at radius 3 is 2.38 bits per heavy atom. The summed E-state index contributed by atoms with van der Waals surface area (Å²) in [5.41, 5.74) is 0.329. The highest BCUT2D eigenvalue weighted by Crippen LogP contribution is 2.23. The van der Waals surface area contributed by atoms with Gasteiger partial charge in [-0.3, -0.25) is 4.79 Å². The summed E-state index contributed by atoms with van der Waals surface area (Å²) in [6.07, 6.45) is -0.429.